The normalized spacial score (nSPS) is 14.6. The highest BCUT2D eigenvalue weighted by molar-refractivity contribution is 5.55. The average molecular weight is 280 g/mol. The number of hydrogen-bond donors (Lipinski definition) is 2. The number of hydrogen-bond acceptors (Lipinski definition) is 3. The molecule has 3 nitrogen and oxygen atoms in total. The molecule has 1 aliphatic rings. The minimum Gasteiger partial charge on any atom is -0.395 e. The van der Waals surface area contributed by atoms with Crippen LogP contribution in [0.1, 0.15) is 38.2 Å². The predicted molar refractivity (Wildman–Crippen MR) is 80.5 cm³/mol. The molecule has 1 aromatic carbocycles. The average Bonchev–Trinajstić information content (AvgIpc) is 3.26. The van der Waals surface area contributed by atoms with Crippen LogP contribution in [0.4, 0.5) is 10.1 Å². The van der Waals surface area contributed by atoms with Gasteiger partial charge in [0.05, 0.1) is 12.3 Å². The third kappa shape index (κ3) is 4.18. The maximum absolute atomic E-state index is 14.2. The fraction of sp³-hybridized carbons (Fsp3) is 0.625. The molecule has 0 heterocycles. The lowest BCUT2D eigenvalue weighted by atomic mass is 10.1. The van der Waals surface area contributed by atoms with Crippen molar-refractivity contribution in [1.29, 1.82) is 0 Å². The fourth-order valence-corrected chi connectivity index (χ4v) is 2.40. The van der Waals surface area contributed by atoms with Gasteiger partial charge in [-0.2, -0.15) is 0 Å². The zero-order valence-electron chi connectivity index (χ0n) is 12.2. The number of nitrogens with one attached hydrogen (secondary N) is 1. The number of halogens is 1. The van der Waals surface area contributed by atoms with Crippen molar-refractivity contribution < 1.29 is 9.50 Å². The molecule has 0 radical (unpaired) electrons. The number of nitrogens with zero attached hydrogens (tertiary/aromatic N) is 1. The second-order valence-corrected chi connectivity index (χ2v) is 5.47. The van der Waals surface area contributed by atoms with E-state index in [1.165, 1.54) is 18.9 Å². The van der Waals surface area contributed by atoms with Crippen LogP contribution >= 0.6 is 0 Å². The maximum Gasteiger partial charge on any atom is 0.146 e. The Morgan fingerprint density at radius 3 is 2.80 bits per heavy atom. The molecule has 20 heavy (non-hydrogen) atoms. The van der Waals surface area contributed by atoms with Gasteiger partial charge in [-0.1, -0.05) is 25.5 Å². The summed E-state index contributed by atoms with van der Waals surface area (Å²) in [6.45, 7) is 4.14. The quantitative estimate of drug-likeness (QED) is 0.730. The molecular formula is C16H25FN2O. The highest BCUT2D eigenvalue weighted by Gasteiger charge is 2.22. The summed E-state index contributed by atoms with van der Waals surface area (Å²) in [7, 11) is 0. The van der Waals surface area contributed by atoms with Gasteiger partial charge in [0.1, 0.15) is 5.82 Å². The zero-order chi connectivity index (χ0) is 14.4. The Kier molecular flexibility index (Phi) is 5.80. The standard InChI is InChI=1S/C16H25FN2O/c1-2-3-9-19(10-11-20)16-13(5-4-6-15(16)17)12-18-14-7-8-14/h4-6,14,18,20H,2-3,7-12H2,1H3. The number of aliphatic hydroxyl groups excluding tert-OH is 1. The van der Waals surface area contributed by atoms with Crippen LogP contribution in [0.5, 0.6) is 0 Å². The Balaban J connectivity index is 2.15. The number of benzene rings is 1. The van der Waals surface area contributed by atoms with E-state index in [0.29, 0.717) is 24.8 Å². The molecule has 0 atom stereocenters. The van der Waals surface area contributed by atoms with E-state index in [1.54, 1.807) is 6.07 Å². The number of anilines is 1. The highest BCUT2D eigenvalue weighted by Crippen LogP contribution is 2.26. The van der Waals surface area contributed by atoms with Gasteiger partial charge in [0, 0.05) is 25.7 Å². The predicted octanol–water partition coefficient (Wildman–Crippen LogP) is 2.68. The van der Waals surface area contributed by atoms with Crippen molar-refractivity contribution in [3.63, 3.8) is 0 Å². The molecule has 0 amide bonds. The van der Waals surface area contributed by atoms with Crippen LogP contribution in [-0.4, -0.2) is 30.8 Å². The van der Waals surface area contributed by atoms with Crippen molar-refractivity contribution in [2.45, 2.75) is 45.2 Å². The second kappa shape index (κ2) is 7.60. The van der Waals surface area contributed by atoms with Gasteiger partial charge in [-0.15, -0.1) is 0 Å². The Morgan fingerprint density at radius 2 is 2.15 bits per heavy atom. The maximum atomic E-state index is 14.2. The largest absolute Gasteiger partial charge is 0.395 e. The first-order valence-corrected chi connectivity index (χ1v) is 7.62. The molecule has 0 aliphatic heterocycles. The van der Waals surface area contributed by atoms with Crippen molar-refractivity contribution in [2.24, 2.45) is 0 Å². The van der Waals surface area contributed by atoms with Crippen LogP contribution in [0.3, 0.4) is 0 Å². The van der Waals surface area contributed by atoms with E-state index in [2.05, 4.69) is 12.2 Å². The van der Waals surface area contributed by atoms with Gasteiger partial charge in [0.15, 0.2) is 0 Å². The van der Waals surface area contributed by atoms with E-state index < -0.39 is 0 Å². The molecule has 4 heteroatoms. The van der Waals surface area contributed by atoms with Crippen molar-refractivity contribution in [2.75, 3.05) is 24.6 Å². The SMILES string of the molecule is CCCCN(CCO)c1c(F)cccc1CNC1CC1. The van der Waals surface area contributed by atoms with Gasteiger partial charge in [0.25, 0.3) is 0 Å². The summed E-state index contributed by atoms with van der Waals surface area (Å²) in [5, 5.41) is 12.7. The minimum atomic E-state index is -0.190. The van der Waals surface area contributed by atoms with E-state index >= 15 is 0 Å². The van der Waals surface area contributed by atoms with Crippen LogP contribution in [0, 0.1) is 5.82 Å². The molecule has 0 bridgehead atoms. The molecule has 2 rings (SSSR count). The van der Waals surface area contributed by atoms with Gasteiger partial charge in [-0.3, -0.25) is 0 Å². The highest BCUT2D eigenvalue weighted by atomic mass is 19.1. The number of aliphatic hydroxyl groups is 1. The molecule has 0 saturated heterocycles. The van der Waals surface area contributed by atoms with E-state index in [9.17, 15) is 9.50 Å². The molecule has 0 aromatic heterocycles. The molecule has 1 aliphatic carbocycles. The van der Waals surface area contributed by atoms with Crippen LogP contribution in [0.15, 0.2) is 18.2 Å². The Morgan fingerprint density at radius 1 is 1.35 bits per heavy atom. The van der Waals surface area contributed by atoms with E-state index in [0.717, 1.165) is 24.9 Å². The first kappa shape index (κ1) is 15.3. The molecule has 1 aromatic rings. The number of rotatable bonds is 9. The van der Waals surface area contributed by atoms with Gasteiger partial charge in [-0.25, -0.2) is 4.39 Å². The third-order valence-corrected chi connectivity index (χ3v) is 3.70. The molecular weight excluding hydrogens is 255 g/mol. The van der Waals surface area contributed by atoms with Crippen molar-refractivity contribution in [3.8, 4) is 0 Å². The molecule has 1 saturated carbocycles. The van der Waals surface area contributed by atoms with Crippen molar-refractivity contribution >= 4 is 5.69 Å². The van der Waals surface area contributed by atoms with E-state index in [-0.39, 0.29) is 12.4 Å². The second-order valence-electron chi connectivity index (χ2n) is 5.47. The molecule has 0 spiro atoms. The molecule has 1 fully saturated rings. The summed E-state index contributed by atoms with van der Waals surface area (Å²) in [6.07, 6.45) is 4.51. The summed E-state index contributed by atoms with van der Waals surface area (Å²) in [4.78, 5) is 1.97. The van der Waals surface area contributed by atoms with Gasteiger partial charge in [0.2, 0.25) is 0 Å². The van der Waals surface area contributed by atoms with Crippen LogP contribution in [0.2, 0.25) is 0 Å². The zero-order valence-corrected chi connectivity index (χ0v) is 12.2. The number of unbranched alkanes of at least 4 members (excludes halogenated alkanes) is 1. The van der Waals surface area contributed by atoms with Crippen molar-refractivity contribution in [3.05, 3.63) is 29.6 Å². The lowest BCUT2D eigenvalue weighted by Crippen LogP contribution is -2.30. The Bertz CT molecular complexity index is 421. The van der Waals surface area contributed by atoms with E-state index in [1.807, 2.05) is 11.0 Å². The number of para-hydroxylation sites is 1. The Hall–Kier alpha value is -1.13. The van der Waals surface area contributed by atoms with Crippen LogP contribution < -0.4 is 10.2 Å². The Labute approximate surface area is 120 Å². The lowest BCUT2D eigenvalue weighted by molar-refractivity contribution is 0.301. The topological polar surface area (TPSA) is 35.5 Å². The summed E-state index contributed by atoms with van der Waals surface area (Å²) in [5.41, 5.74) is 1.64. The molecule has 2 N–H and O–H groups in total. The summed E-state index contributed by atoms with van der Waals surface area (Å²) in [6, 6.07) is 5.85. The third-order valence-electron chi connectivity index (χ3n) is 3.70. The first-order valence-electron chi connectivity index (χ1n) is 7.62. The molecule has 112 valence electrons. The van der Waals surface area contributed by atoms with Crippen LogP contribution in [0.25, 0.3) is 0 Å². The smallest absolute Gasteiger partial charge is 0.146 e. The van der Waals surface area contributed by atoms with Crippen molar-refractivity contribution in [1.82, 2.24) is 5.32 Å². The minimum absolute atomic E-state index is 0.0491. The van der Waals surface area contributed by atoms with Gasteiger partial charge in [-0.05, 0) is 30.9 Å². The lowest BCUT2D eigenvalue weighted by Gasteiger charge is -2.27. The van der Waals surface area contributed by atoms with Crippen LogP contribution in [-0.2, 0) is 6.54 Å². The van der Waals surface area contributed by atoms with E-state index in [4.69, 9.17) is 0 Å². The summed E-state index contributed by atoms with van der Waals surface area (Å²) < 4.78 is 14.2. The van der Waals surface area contributed by atoms with Gasteiger partial charge < -0.3 is 15.3 Å². The molecule has 0 unspecified atom stereocenters. The summed E-state index contributed by atoms with van der Waals surface area (Å²) in [5.74, 6) is -0.190. The first-order chi connectivity index (χ1) is 9.76. The monoisotopic (exact) mass is 280 g/mol. The van der Waals surface area contributed by atoms with Gasteiger partial charge >= 0.3 is 0 Å². The summed E-state index contributed by atoms with van der Waals surface area (Å²) >= 11 is 0. The fourth-order valence-electron chi connectivity index (χ4n) is 2.40.